The van der Waals surface area contributed by atoms with Crippen molar-refractivity contribution in [3.05, 3.63) is 220 Å². The van der Waals surface area contributed by atoms with Gasteiger partial charge in [0.05, 0.1) is 5.41 Å². The van der Waals surface area contributed by atoms with Gasteiger partial charge < -0.3 is 4.90 Å². The highest BCUT2D eigenvalue weighted by molar-refractivity contribution is 5.97. The van der Waals surface area contributed by atoms with Gasteiger partial charge in [-0.15, -0.1) is 0 Å². The Hall–Kier alpha value is -6.44. The Balaban J connectivity index is 1.13. The van der Waals surface area contributed by atoms with Crippen LogP contribution in [0.5, 0.6) is 0 Å². The fraction of sp³-hybridized carbons (Fsp3) is 0.127. The average molecular weight is 716 g/mol. The van der Waals surface area contributed by atoms with Crippen molar-refractivity contribution < 1.29 is 0 Å². The van der Waals surface area contributed by atoms with E-state index in [1.165, 1.54) is 100 Å². The zero-order valence-corrected chi connectivity index (χ0v) is 32.2. The summed E-state index contributed by atoms with van der Waals surface area (Å²) in [4.78, 5) is 2.52. The molecule has 0 aromatic heterocycles. The summed E-state index contributed by atoms with van der Waals surface area (Å²) in [5, 5.41) is 0. The Labute approximate surface area is 329 Å². The molecule has 0 radical (unpaired) electrons. The Morgan fingerprint density at radius 3 is 1.00 bits per heavy atom. The number of fused-ring (bicyclic) bond motifs is 16. The topological polar surface area (TPSA) is 3.24 Å². The number of benzene rings is 8. The molecule has 4 aliphatic carbocycles. The molecule has 4 aliphatic rings. The molecule has 0 saturated heterocycles. The maximum Gasteiger partial charge on any atom is 0.0726 e. The summed E-state index contributed by atoms with van der Waals surface area (Å²) < 4.78 is 0. The first-order valence-corrected chi connectivity index (χ1v) is 20.0. The zero-order valence-electron chi connectivity index (χ0n) is 32.2. The third-order valence-electron chi connectivity index (χ3n) is 13.9. The van der Waals surface area contributed by atoms with E-state index < -0.39 is 5.41 Å². The largest absolute Gasteiger partial charge is 0.310 e. The number of hydrogen-bond acceptors (Lipinski definition) is 1. The summed E-state index contributed by atoms with van der Waals surface area (Å²) in [5.41, 5.74) is 24.5. The molecule has 8 aromatic carbocycles. The lowest BCUT2D eigenvalue weighted by Crippen LogP contribution is -2.26. The lowest BCUT2D eigenvalue weighted by Gasteiger charge is -2.32. The number of nitrogens with zero attached hydrogens (tertiary/aromatic N) is 1. The van der Waals surface area contributed by atoms with Gasteiger partial charge in [-0.2, -0.15) is 0 Å². The van der Waals surface area contributed by atoms with Crippen LogP contribution in [-0.2, 0) is 16.2 Å². The van der Waals surface area contributed by atoms with Crippen LogP contribution in [-0.4, -0.2) is 0 Å². The molecule has 0 amide bonds. The van der Waals surface area contributed by atoms with E-state index in [1.807, 2.05) is 0 Å². The van der Waals surface area contributed by atoms with E-state index in [9.17, 15) is 0 Å². The van der Waals surface area contributed by atoms with Gasteiger partial charge in [-0.25, -0.2) is 0 Å². The predicted octanol–water partition coefficient (Wildman–Crippen LogP) is 14.1. The summed E-state index contributed by atoms with van der Waals surface area (Å²) in [7, 11) is 0. The van der Waals surface area contributed by atoms with Gasteiger partial charge in [0.15, 0.2) is 0 Å². The fourth-order valence-electron chi connectivity index (χ4n) is 11.4. The molecule has 12 rings (SSSR count). The van der Waals surface area contributed by atoms with Crippen LogP contribution in [0.3, 0.4) is 0 Å². The smallest absolute Gasteiger partial charge is 0.0726 e. The summed E-state index contributed by atoms with van der Waals surface area (Å²) in [6.45, 7) is 9.46. The minimum absolute atomic E-state index is 0.0624. The third-order valence-corrected chi connectivity index (χ3v) is 13.9. The van der Waals surface area contributed by atoms with Crippen LogP contribution in [0, 0.1) is 0 Å². The van der Waals surface area contributed by atoms with Gasteiger partial charge in [-0.05, 0) is 125 Å². The Kier molecular flexibility index (Phi) is 6.18. The van der Waals surface area contributed by atoms with E-state index in [0.29, 0.717) is 0 Å². The highest BCUT2D eigenvalue weighted by Gasteiger charge is 2.51. The van der Waals surface area contributed by atoms with Gasteiger partial charge in [-0.1, -0.05) is 167 Å². The van der Waals surface area contributed by atoms with Crippen LogP contribution < -0.4 is 4.90 Å². The van der Waals surface area contributed by atoms with Crippen LogP contribution in [0.15, 0.2) is 176 Å². The van der Waals surface area contributed by atoms with Gasteiger partial charge in [0, 0.05) is 27.9 Å². The molecule has 0 bridgehead atoms. The Bertz CT molecular complexity index is 2820. The zero-order chi connectivity index (χ0) is 37.6. The van der Waals surface area contributed by atoms with Gasteiger partial charge in [0.2, 0.25) is 0 Å². The molecule has 0 fully saturated rings. The van der Waals surface area contributed by atoms with E-state index in [-0.39, 0.29) is 10.8 Å². The second kappa shape index (κ2) is 10.9. The maximum absolute atomic E-state index is 2.52. The van der Waals surface area contributed by atoms with E-state index in [1.54, 1.807) is 0 Å². The monoisotopic (exact) mass is 715 g/mol. The molecular formula is C55H41N. The average Bonchev–Trinajstić information content (AvgIpc) is 3.86. The fourth-order valence-corrected chi connectivity index (χ4v) is 11.4. The van der Waals surface area contributed by atoms with Crippen LogP contribution in [0.1, 0.15) is 72.2 Å². The first-order chi connectivity index (χ1) is 27.3. The van der Waals surface area contributed by atoms with Crippen LogP contribution in [0.25, 0.3) is 44.5 Å². The SMILES string of the molecule is CC1(C)c2ccccc2-c2cc(N(c3ccc4c(c3)-c3ccccc3C4(C)C)c3ccc4c(c3)C3(c5ccccc5-c5ccccc53)c3ccccc3-4)ccc21. The summed E-state index contributed by atoms with van der Waals surface area (Å²) in [6, 6.07) is 66.9. The Morgan fingerprint density at radius 2 is 0.571 bits per heavy atom. The number of hydrogen-bond donors (Lipinski definition) is 0. The standard InChI is InChI=1S/C55H41N/c1-53(2)45-20-10-5-18-40(45)43-31-34(26-29-47(43)53)56(35-27-30-48-44(32-35)41-19-6-11-21-46(41)54(48,3)4)36-25-28-42-39-17-9-14-24-51(39)55(52(42)33-36)49-22-12-7-15-37(49)38-16-8-13-23-50(38)55/h5-33H,1-4H3. The molecule has 0 aliphatic heterocycles. The second-order valence-electron chi connectivity index (χ2n) is 17.3. The van der Waals surface area contributed by atoms with Crippen LogP contribution in [0.2, 0.25) is 0 Å². The molecule has 1 nitrogen and oxygen atoms in total. The van der Waals surface area contributed by atoms with Crippen molar-refractivity contribution in [2.75, 3.05) is 4.90 Å². The molecule has 0 N–H and O–H groups in total. The molecule has 1 heteroatoms. The summed E-state index contributed by atoms with van der Waals surface area (Å²) in [5.74, 6) is 0. The van der Waals surface area contributed by atoms with Crippen molar-refractivity contribution in [1.82, 2.24) is 0 Å². The number of anilines is 3. The maximum atomic E-state index is 2.52. The molecule has 0 heterocycles. The summed E-state index contributed by atoms with van der Waals surface area (Å²) >= 11 is 0. The third kappa shape index (κ3) is 3.85. The quantitative estimate of drug-likeness (QED) is 0.176. The molecular weight excluding hydrogens is 675 g/mol. The molecule has 8 aromatic rings. The van der Waals surface area contributed by atoms with Crippen molar-refractivity contribution in [1.29, 1.82) is 0 Å². The lowest BCUT2D eigenvalue weighted by atomic mass is 9.70. The molecule has 0 saturated carbocycles. The first-order valence-electron chi connectivity index (χ1n) is 20.0. The van der Waals surface area contributed by atoms with Gasteiger partial charge in [0.25, 0.3) is 0 Å². The van der Waals surface area contributed by atoms with Crippen molar-refractivity contribution in [3.8, 4) is 44.5 Å². The highest BCUT2D eigenvalue weighted by atomic mass is 15.1. The molecule has 56 heavy (non-hydrogen) atoms. The molecule has 266 valence electrons. The van der Waals surface area contributed by atoms with Crippen molar-refractivity contribution in [3.63, 3.8) is 0 Å². The second-order valence-corrected chi connectivity index (χ2v) is 17.3. The first kappa shape index (κ1) is 31.9. The molecule has 0 atom stereocenters. The summed E-state index contributed by atoms with van der Waals surface area (Å²) in [6.07, 6.45) is 0. The van der Waals surface area contributed by atoms with Gasteiger partial charge in [-0.3, -0.25) is 0 Å². The van der Waals surface area contributed by atoms with Crippen molar-refractivity contribution >= 4 is 17.1 Å². The van der Waals surface area contributed by atoms with Crippen molar-refractivity contribution in [2.45, 2.75) is 43.9 Å². The predicted molar refractivity (Wildman–Crippen MR) is 233 cm³/mol. The number of rotatable bonds is 3. The van der Waals surface area contributed by atoms with E-state index in [0.717, 1.165) is 5.69 Å². The minimum atomic E-state index is -0.414. The van der Waals surface area contributed by atoms with Gasteiger partial charge >= 0.3 is 0 Å². The van der Waals surface area contributed by atoms with E-state index in [2.05, 4.69) is 209 Å². The minimum Gasteiger partial charge on any atom is -0.310 e. The Morgan fingerprint density at radius 1 is 0.268 bits per heavy atom. The normalized spacial score (nSPS) is 15.9. The highest BCUT2D eigenvalue weighted by Crippen LogP contribution is 2.63. The van der Waals surface area contributed by atoms with Gasteiger partial charge in [0.1, 0.15) is 0 Å². The van der Waals surface area contributed by atoms with Crippen molar-refractivity contribution in [2.24, 2.45) is 0 Å². The van der Waals surface area contributed by atoms with Crippen LogP contribution >= 0.6 is 0 Å². The lowest BCUT2D eigenvalue weighted by molar-refractivity contribution is 0.660. The van der Waals surface area contributed by atoms with E-state index >= 15 is 0 Å². The molecule has 1 spiro atoms. The molecule has 0 unspecified atom stereocenters. The van der Waals surface area contributed by atoms with E-state index in [4.69, 9.17) is 0 Å². The van der Waals surface area contributed by atoms with Crippen LogP contribution in [0.4, 0.5) is 17.1 Å².